The van der Waals surface area contributed by atoms with Crippen molar-refractivity contribution in [2.75, 3.05) is 6.67 Å². The van der Waals surface area contributed by atoms with Crippen molar-refractivity contribution in [3.05, 3.63) is 39.7 Å². The Bertz CT molecular complexity index is 312. The predicted molar refractivity (Wildman–Crippen MR) is 55.5 cm³/mol. The zero-order chi connectivity index (χ0) is 10.0. The van der Waals surface area contributed by atoms with Crippen molar-refractivity contribution < 1.29 is 4.39 Å². The number of rotatable bonds is 2. The summed E-state index contributed by atoms with van der Waals surface area (Å²) >= 11 is 17.3. The molecule has 0 bridgehead atoms. The molecule has 0 aromatic heterocycles. The van der Waals surface area contributed by atoms with E-state index in [-0.39, 0.29) is 10.0 Å². The molecule has 0 amide bonds. The molecule has 1 aromatic rings. The van der Waals surface area contributed by atoms with Gasteiger partial charge in [-0.05, 0) is 18.6 Å². The molecule has 0 N–H and O–H groups in total. The standard InChI is InChI=1S/C9H7Cl3F/c1-5(4-13)6-2-3-7(10)9(12)8(6)11/h2-3,5H,1,4H2. The lowest BCUT2D eigenvalue weighted by atomic mass is 10.0. The van der Waals surface area contributed by atoms with Gasteiger partial charge in [-0.2, -0.15) is 0 Å². The van der Waals surface area contributed by atoms with E-state index in [1.165, 1.54) is 0 Å². The first-order valence-corrected chi connectivity index (χ1v) is 4.73. The van der Waals surface area contributed by atoms with Crippen molar-refractivity contribution >= 4 is 34.8 Å². The van der Waals surface area contributed by atoms with E-state index in [2.05, 4.69) is 6.92 Å². The van der Waals surface area contributed by atoms with Crippen LogP contribution in [0.3, 0.4) is 0 Å². The van der Waals surface area contributed by atoms with E-state index in [9.17, 15) is 4.39 Å². The van der Waals surface area contributed by atoms with Gasteiger partial charge in [0.15, 0.2) is 0 Å². The molecule has 71 valence electrons. The quantitative estimate of drug-likeness (QED) is 0.666. The minimum absolute atomic E-state index is 0.253. The van der Waals surface area contributed by atoms with Gasteiger partial charge in [-0.15, -0.1) is 0 Å². The summed E-state index contributed by atoms with van der Waals surface area (Å²) in [5.74, 6) is -0.498. The van der Waals surface area contributed by atoms with Gasteiger partial charge in [0.1, 0.15) is 0 Å². The molecule has 1 aromatic carbocycles. The molecule has 0 heterocycles. The van der Waals surface area contributed by atoms with Crippen molar-refractivity contribution in [1.29, 1.82) is 0 Å². The highest BCUT2D eigenvalue weighted by molar-refractivity contribution is 6.48. The lowest BCUT2D eigenvalue weighted by Gasteiger charge is -2.10. The Morgan fingerprint density at radius 3 is 2.38 bits per heavy atom. The van der Waals surface area contributed by atoms with Gasteiger partial charge in [0.05, 0.1) is 21.7 Å². The average Bonchev–Trinajstić information content (AvgIpc) is 2.13. The first-order chi connectivity index (χ1) is 6.07. The van der Waals surface area contributed by atoms with Crippen LogP contribution in [0.2, 0.25) is 15.1 Å². The summed E-state index contributed by atoms with van der Waals surface area (Å²) in [7, 11) is 0. The third-order valence-corrected chi connectivity index (χ3v) is 3.00. The predicted octanol–water partition coefficient (Wildman–Crippen LogP) is 4.53. The molecule has 0 saturated carbocycles. The SMILES string of the molecule is [CH2]C(CF)c1ccc(Cl)c(Cl)c1Cl. The van der Waals surface area contributed by atoms with E-state index in [0.29, 0.717) is 10.6 Å². The van der Waals surface area contributed by atoms with E-state index in [4.69, 9.17) is 34.8 Å². The second kappa shape index (κ2) is 4.50. The molecule has 13 heavy (non-hydrogen) atoms. The summed E-state index contributed by atoms with van der Waals surface area (Å²) in [4.78, 5) is 0. The number of hydrogen-bond donors (Lipinski definition) is 0. The third-order valence-electron chi connectivity index (χ3n) is 1.69. The summed E-state index contributed by atoms with van der Waals surface area (Å²) in [6, 6.07) is 3.22. The molecule has 1 unspecified atom stereocenters. The fourth-order valence-corrected chi connectivity index (χ4v) is 1.64. The summed E-state index contributed by atoms with van der Waals surface area (Å²) in [6.07, 6.45) is 0. The molecule has 0 saturated heterocycles. The topological polar surface area (TPSA) is 0 Å². The van der Waals surface area contributed by atoms with Crippen molar-refractivity contribution in [3.63, 3.8) is 0 Å². The van der Waals surface area contributed by atoms with Crippen LogP contribution in [0.1, 0.15) is 11.5 Å². The van der Waals surface area contributed by atoms with Crippen LogP contribution < -0.4 is 0 Å². The molecule has 0 fully saturated rings. The van der Waals surface area contributed by atoms with Gasteiger partial charge in [0.25, 0.3) is 0 Å². The van der Waals surface area contributed by atoms with E-state index >= 15 is 0 Å². The highest BCUT2D eigenvalue weighted by Gasteiger charge is 2.13. The van der Waals surface area contributed by atoms with Crippen LogP contribution in [-0.4, -0.2) is 6.67 Å². The second-order valence-corrected chi connectivity index (χ2v) is 3.78. The maximum absolute atomic E-state index is 12.3. The number of benzene rings is 1. The molecule has 0 nitrogen and oxygen atoms in total. The summed E-state index contributed by atoms with van der Waals surface area (Å²) in [5, 5.41) is 0.899. The highest BCUT2D eigenvalue weighted by atomic mass is 35.5. The smallest absolute Gasteiger partial charge is 0.0963 e. The minimum atomic E-state index is -0.572. The number of halogens is 4. The van der Waals surface area contributed by atoms with Gasteiger partial charge in [-0.25, -0.2) is 0 Å². The Morgan fingerprint density at radius 1 is 1.23 bits per heavy atom. The molecule has 0 aliphatic carbocycles. The summed E-state index contributed by atoms with van der Waals surface area (Å²) in [5.41, 5.74) is 0.582. The first kappa shape index (κ1) is 11.1. The van der Waals surface area contributed by atoms with Crippen LogP contribution in [0, 0.1) is 6.92 Å². The second-order valence-electron chi connectivity index (χ2n) is 2.62. The molecule has 1 atom stereocenters. The number of alkyl halides is 1. The molecule has 0 spiro atoms. The Kier molecular flexibility index (Phi) is 3.84. The van der Waals surface area contributed by atoms with Crippen LogP contribution in [0.15, 0.2) is 12.1 Å². The van der Waals surface area contributed by atoms with Crippen LogP contribution in [-0.2, 0) is 0 Å². The van der Waals surface area contributed by atoms with Crippen molar-refractivity contribution in [3.8, 4) is 0 Å². The van der Waals surface area contributed by atoms with Gasteiger partial charge in [0, 0.05) is 5.92 Å². The number of hydrogen-bond acceptors (Lipinski definition) is 0. The van der Waals surface area contributed by atoms with Crippen LogP contribution in [0.25, 0.3) is 0 Å². The Morgan fingerprint density at radius 2 is 1.85 bits per heavy atom. The van der Waals surface area contributed by atoms with Gasteiger partial charge in [0.2, 0.25) is 0 Å². The molecule has 4 heteroatoms. The Labute approximate surface area is 91.6 Å². The van der Waals surface area contributed by atoms with Gasteiger partial charge >= 0.3 is 0 Å². The first-order valence-electron chi connectivity index (χ1n) is 3.60. The monoisotopic (exact) mass is 239 g/mol. The summed E-state index contributed by atoms with van der Waals surface area (Å²) in [6.45, 7) is 3.03. The summed E-state index contributed by atoms with van der Waals surface area (Å²) < 4.78 is 12.3. The fourth-order valence-electron chi connectivity index (χ4n) is 0.939. The van der Waals surface area contributed by atoms with Crippen LogP contribution >= 0.6 is 34.8 Å². The van der Waals surface area contributed by atoms with Gasteiger partial charge < -0.3 is 0 Å². The van der Waals surface area contributed by atoms with Gasteiger partial charge in [-0.3, -0.25) is 4.39 Å². The average molecular weight is 241 g/mol. The molecule has 1 rings (SSSR count). The highest BCUT2D eigenvalue weighted by Crippen LogP contribution is 2.35. The van der Waals surface area contributed by atoms with Crippen molar-refractivity contribution in [1.82, 2.24) is 0 Å². The van der Waals surface area contributed by atoms with Gasteiger partial charge in [-0.1, -0.05) is 40.9 Å². The molecular formula is C9H7Cl3F. The normalized spacial score (nSPS) is 13.0. The maximum Gasteiger partial charge on any atom is 0.0963 e. The van der Waals surface area contributed by atoms with Crippen molar-refractivity contribution in [2.24, 2.45) is 0 Å². The zero-order valence-electron chi connectivity index (χ0n) is 6.66. The fraction of sp³-hybridized carbons (Fsp3) is 0.222. The van der Waals surface area contributed by atoms with Crippen LogP contribution in [0.5, 0.6) is 0 Å². The zero-order valence-corrected chi connectivity index (χ0v) is 8.93. The minimum Gasteiger partial charge on any atom is -0.250 e. The molecular weight excluding hydrogens is 233 g/mol. The lowest BCUT2D eigenvalue weighted by Crippen LogP contribution is -1.97. The Balaban J connectivity index is 3.18. The lowest BCUT2D eigenvalue weighted by molar-refractivity contribution is 0.465. The molecule has 1 radical (unpaired) electrons. The molecule has 0 aliphatic rings. The maximum atomic E-state index is 12.3. The van der Waals surface area contributed by atoms with Crippen LogP contribution in [0.4, 0.5) is 4.39 Å². The van der Waals surface area contributed by atoms with E-state index < -0.39 is 12.6 Å². The molecule has 0 aliphatic heterocycles. The third kappa shape index (κ3) is 2.28. The van der Waals surface area contributed by atoms with E-state index in [0.717, 1.165) is 0 Å². The van der Waals surface area contributed by atoms with E-state index in [1.54, 1.807) is 12.1 Å². The largest absolute Gasteiger partial charge is 0.250 e. The van der Waals surface area contributed by atoms with E-state index in [1.807, 2.05) is 0 Å². The Hall–Kier alpha value is 0.0200. The van der Waals surface area contributed by atoms with Crippen molar-refractivity contribution in [2.45, 2.75) is 5.92 Å².